The Morgan fingerprint density at radius 2 is 2.18 bits per heavy atom. The van der Waals surface area contributed by atoms with Gasteiger partial charge in [-0.15, -0.1) is 0 Å². The third kappa shape index (κ3) is 5.54. The molecule has 0 aromatic heterocycles. The Hall–Kier alpha value is -1.20. The molecular formula is C17H26N2O2S. The number of thioether (sulfide) groups is 1. The van der Waals surface area contributed by atoms with Crippen molar-refractivity contribution < 1.29 is 9.90 Å². The predicted molar refractivity (Wildman–Crippen MR) is 91.9 cm³/mol. The van der Waals surface area contributed by atoms with Crippen molar-refractivity contribution >= 4 is 17.8 Å². The highest BCUT2D eigenvalue weighted by atomic mass is 32.2. The highest BCUT2D eigenvalue weighted by molar-refractivity contribution is 7.99. The van der Waals surface area contributed by atoms with Gasteiger partial charge in [0.2, 0.25) is 0 Å². The Labute approximate surface area is 137 Å². The maximum Gasteiger partial charge on any atom is 0.315 e. The van der Waals surface area contributed by atoms with Gasteiger partial charge in [-0.1, -0.05) is 37.6 Å². The zero-order chi connectivity index (χ0) is 15.8. The molecule has 5 heteroatoms. The van der Waals surface area contributed by atoms with Crippen molar-refractivity contribution in [3.8, 4) is 0 Å². The van der Waals surface area contributed by atoms with Gasteiger partial charge in [-0.05, 0) is 36.1 Å². The summed E-state index contributed by atoms with van der Waals surface area (Å²) < 4.78 is 0. The summed E-state index contributed by atoms with van der Waals surface area (Å²) in [5.41, 5.74) is 1.87. The molecule has 0 aliphatic heterocycles. The van der Waals surface area contributed by atoms with Crippen LogP contribution in [0.4, 0.5) is 4.79 Å². The number of urea groups is 1. The number of benzene rings is 1. The summed E-state index contributed by atoms with van der Waals surface area (Å²) in [5.74, 6) is 1.14. The van der Waals surface area contributed by atoms with Gasteiger partial charge in [0.25, 0.3) is 0 Å². The molecule has 2 unspecified atom stereocenters. The Morgan fingerprint density at radius 1 is 1.36 bits per heavy atom. The lowest BCUT2D eigenvalue weighted by Gasteiger charge is -2.29. The second-order valence-corrected chi connectivity index (χ2v) is 7.32. The van der Waals surface area contributed by atoms with E-state index in [-0.39, 0.29) is 12.6 Å². The quantitative estimate of drug-likeness (QED) is 0.754. The van der Waals surface area contributed by atoms with E-state index >= 15 is 0 Å². The largest absolute Gasteiger partial charge is 0.392 e. The van der Waals surface area contributed by atoms with Crippen LogP contribution in [-0.2, 0) is 13.2 Å². The Morgan fingerprint density at radius 3 is 2.95 bits per heavy atom. The van der Waals surface area contributed by atoms with E-state index in [9.17, 15) is 4.79 Å². The lowest BCUT2D eigenvalue weighted by molar-refractivity contribution is 0.232. The Bertz CT molecular complexity index is 479. The summed E-state index contributed by atoms with van der Waals surface area (Å²) in [5, 5.41) is 15.8. The summed E-state index contributed by atoms with van der Waals surface area (Å²) in [6, 6.07) is 7.83. The van der Waals surface area contributed by atoms with Crippen LogP contribution in [0.5, 0.6) is 0 Å². The van der Waals surface area contributed by atoms with E-state index in [4.69, 9.17) is 5.11 Å². The van der Waals surface area contributed by atoms with E-state index < -0.39 is 0 Å². The zero-order valence-electron chi connectivity index (χ0n) is 13.2. The van der Waals surface area contributed by atoms with Crippen LogP contribution in [0.2, 0.25) is 0 Å². The highest BCUT2D eigenvalue weighted by Crippen LogP contribution is 2.28. The van der Waals surface area contributed by atoms with Crippen LogP contribution in [0.1, 0.15) is 43.7 Å². The Kier molecular flexibility index (Phi) is 7.06. The number of carbonyl (C=O) groups excluding carboxylic acids is 1. The van der Waals surface area contributed by atoms with Crippen LogP contribution >= 0.6 is 11.8 Å². The molecule has 0 spiro atoms. The molecule has 122 valence electrons. The topological polar surface area (TPSA) is 61.4 Å². The molecule has 0 bridgehead atoms. The average molecular weight is 322 g/mol. The number of aliphatic hydroxyl groups excluding tert-OH is 1. The highest BCUT2D eigenvalue weighted by Gasteiger charge is 2.22. The summed E-state index contributed by atoms with van der Waals surface area (Å²) in [6.45, 7) is 2.70. The number of rotatable bonds is 6. The molecule has 1 aliphatic carbocycles. The van der Waals surface area contributed by atoms with Crippen molar-refractivity contribution in [1.29, 1.82) is 0 Å². The lowest BCUT2D eigenvalue weighted by Crippen LogP contribution is -2.44. The monoisotopic (exact) mass is 322 g/mol. The van der Waals surface area contributed by atoms with Gasteiger partial charge < -0.3 is 15.7 Å². The third-order valence-corrected chi connectivity index (χ3v) is 5.22. The number of carbonyl (C=O) groups is 1. The third-order valence-electron chi connectivity index (χ3n) is 3.99. The molecule has 2 amide bonds. The van der Waals surface area contributed by atoms with Crippen molar-refractivity contribution in [3.05, 3.63) is 35.4 Å². The molecule has 4 nitrogen and oxygen atoms in total. The van der Waals surface area contributed by atoms with Crippen LogP contribution in [0.15, 0.2) is 24.3 Å². The summed E-state index contributed by atoms with van der Waals surface area (Å²) in [6.07, 6.45) is 4.62. The van der Waals surface area contributed by atoms with Gasteiger partial charge in [0.05, 0.1) is 6.61 Å². The van der Waals surface area contributed by atoms with Crippen LogP contribution in [0.3, 0.4) is 0 Å². The fourth-order valence-corrected chi connectivity index (χ4v) is 4.09. The molecule has 1 saturated carbocycles. The normalized spacial score (nSPS) is 21.4. The first kappa shape index (κ1) is 17.2. The molecule has 1 fully saturated rings. The lowest BCUT2D eigenvalue weighted by atomic mass is 9.95. The van der Waals surface area contributed by atoms with Gasteiger partial charge in [0, 0.05) is 17.8 Å². The fraction of sp³-hybridized carbons (Fsp3) is 0.588. The molecular weight excluding hydrogens is 296 g/mol. The number of nitrogens with one attached hydrogen (secondary N) is 2. The minimum Gasteiger partial charge on any atom is -0.392 e. The first-order chi connectivity index (χ1) is 10.7. The van der Waals surface area contributed by atoms with Crippen molar-refractivity contribution in [2.24, 2.45) is 0 Å². The smallest absolute Gasteiger partial charge is 0.315 e. The van der Waals surface area contributed by atoms with E-state index in [0.29, 0.717) is 17.8 Å². The minimum atomic E-state index is -0.0958. The molecule has 3 N–H and O–H groups in total. The molecule has 1 aromatic rings. The van der Waals surface area contributed by atoms with Gasteiger partial charge in [-0.2, -0.15) is 11.8 Å². The van der Waals surface area contributed by atoms with Crippen molar-refractivity contribution in [2.75, 3.05) is 5.75 Å². The SMILES string of the molecule is CCSC1CCCC(NC(=O)NCc2cccc(CO)c2)C1. The zero-order valence-corrected chi connectivity index (χ0v) is 14.0. The maximum absolute atomic E-state index is 12.0. The molecule has 2 atom stereocenters. The van der Waals surface area contributed by atoms with Crippen molar-refractivity contribution in [3.63, 3.8) is 0 Å². The second-order valence-electron chi connectivity index (χ2n) is 5.75. The van der Waals surface area contributed by atoms with Crippen LogP contribution in [-0.4, -0.2) is 28.2 Å². The standard InChI is InChI=1S/C17H26N2O2S/c1-2-22-16-8-4-7-15(10-16)19-17(21)18-11-13-5-3-6-14(9-13)12-20/h3,5-6,9,15-16,20H,2,4,7-8,10-12H2,1H3,(H2,18,19,21). The first-order valence-corrected chi connectivity index (χ1v) is 9.10. The molecule has 2 rings (SSSR count). The van der Waals surface area contributed by atoms with E-state index in [1.54, 1.807) is 0 Å². The molecule has 0 radical (unpaired) electrons. The first-order valence-electron chi connectivity index (χ1n) is 8.06. The average Bonchev–Trinajstić information content (AvgIpc) is 2.54. The Balaban J connectivity index is 1.75. The van der Waals surface area contributed by atoms with Crippen molar-refractivity contribution in [1.82, 2.24) is 10.6 Å². The molecule has 0 heterocycles. The number of amides is 2. The summed E-state index contributed by atoms with van der Waals surface area (Å²) >= 11 is 2.00. The van der Waals surface area contributed by atoms with Gasteiger partial charge in [-0.25, -0.2) is 4.79 Å². The summed E-state index contributed by atoms with van der Waals surface area (Å²) in [4.78, 5) is 12.0. The van der Waals surface area contributed by atoms with E-state index in [2.05, 4.69) is 17.6 Å². The maximum atomic E-state index is 12.0. The van der Waals surface area contributed by atoms with Gasteiger partial charge in [0.1, 0.15) is 0 Å². The molecule has 1 aromatic carbocycles. The van der Waals surface area contributed by atoms with Gasteiger partial charge in [0.15, 0.2) is 0 Å². The van der Waals surface area contributed by atoms with Crippen LogP contribution in [0.25, 0.3) is 0 Å². The molecule has 1 aliphatic rings. The van der Waals surface area contributed by atoms with E-state index in [0.717, 1.165) is 29.7 Å². The second kappa shape index (κ2) is 9.06. The van der Waals surface area contributed by atoms with Crippen LogP contribution < -0.4 is 10.6 Å². The predicted octanol–water partition coefficient (Wildman–Crippen LogP) is 3.04. The van der Waals surface area contributed by atoms with E-state index in [1.807, 2.05) is 36.0 Å². The number of aliphatic hydroxyl groups is 1. The van der Waals surface area contributed by atoms with E-state index in [1.165, 1.54) is 12.8 Å². The van der Waals surface area contributed by atoms with Crippen LogP contribution in [0, 0.1) is 0 Å². The fourth-order valence-electron chi connectivity index (χ4n) is 2.92. The molecule has 22 heavy (non-hydrogen) atoms. The number of hydrogen-bond donors (Lipinski definition) is 3. The number of hydrogen-bond acceptors (Lipinski definition) is 3. The molecule has 0 saturated heterocycles. The minimum absolute atomic E-state index is 0.0264. The van der Waals surface area contributed by atoms with Gasteiger partial charge in [-0.3, -0.25) is 0 Å². The van der Waals surface area contributed by atoms with Gasteiger partial charge >= 0.3 is 6.03 Å². The van der Waals surface area contributed by atoms with Crippen molar-refractivity contribution in [2.45, 2.75) is 57.1 Å². The summed E-state index contributed by atoms with van der Waals surface area (Å²) in [7, 11) is 0.